The molecule has 7 heteroatoms. The lowest BCUT2D eigenvalue weighted by Gasteiger charge is -2.06. The second-order valence-corrected chi connectivity index (χ2v) is 5.34. The number of halogens is 4. The molecule has 0 aromatic heterocycles. The Morgan fingerprint density at radius 1 is 1.00 bits per heavy atom. The number of ether oxygens (including phenoxy) is 1. The van der Waals surface area contributed by atoms with Gasteiger partial charge in [0.05, 0.1) is 12.8 Å². The van der Waals surface area contributed by atoms with Gasteiger partial charge in [-0.2, -0.15) is 5.10 Å². The van der Waals surface area contributed by atoms with Gasteiger partial charge in [0.1, 0.15) is 11.4 Å². The number of nitrogens with one attached hydrogen (secondary N) is 1. The van der Waals surface area contributed by atoms with Gasteiger partial charge in [0.25, 0.3) is 0 Å². The van der Waals surface area contributed by atoms with Crippen LogP contribution in [0.15, 0.2) is 35.4 Å². The van der Waals surface area contributed by atoms with Crippen molar-refractivity contribution in [3.8, 4) is 5.75 Å². The van der Waals surface area contributed by atoms with Crippen LogP contribution in [0, 0.1) is 23.3 Å². The first-order valence-electron chi connectivity index (χ1n) is 7.88. The molecule has 0 saturated heterocycles. The molecule has 0 aliphatic carbocycles. The van der Waals surface area contributed by atoms with E-state index >= 15 is 0 Å². The molecule has 2 rings (SSSR count). The van der Waals surface area contributed by atoms with Crippen molar-refractivity contribution in [2.75, 3.05) is 12.0 Å². The third-order valence-electron chi connectivity index (χ3n) is 3.40. The maximum absolute atomic E-state index is 13.5. The number of hydrogen-bond acceptors (Lipinski definition) is 3. The lowest BCUT2D eigenvalue weighted by molar-refractivity contribution is 0.306. The number of rotatable bonds is 8. The Kier molecular flexibility index (Phi) is 6.80. The van der Waals surface area contributed by atoms with Crippen molar-refractivity contribution in [1.82, 2.24) is 0 Å². The lowest BCUT2D eigenvalue weighted by Crippen LogP contribution is -2.02. The molecule has 0 amide bonds. The van der Waals surface area contributed by atoms with E-state index in [1.54, 1.807) is 24.3 Å². The van der Waals surface area contributed by atoms with Crippen LogP contribution in [0.25, 0.3) is 0 Å². The zero-order chi connectivity index (χ0) is 18.2. The number of anilines is 1. The molecule has 0 heterocycles. The number of benzene rings is 2. The minimum atomic E-state index is -1.54. The zero-order valence-electron chi connectivity index (χ0n) is 13.7. The Bertz CT molecular complexity index is 707. The normalized spacial score (nSPS) is 11.1. The van der Waals surface area contributed by atoms with E-state index in [0.29, 0.717) is 17.9 Å². The van der Waals surface area contributed by atoms with Gasteiger partial charge < -0.3 is 4.74 Å². The average molecular weight is 354 g/mol. The molecule has 134 valence electrons. The highest BCUT2D eigenvalue weighted by atomic mass is 19.2. The Balaban J connectivity index is 1.97. The molecule has 0 saturated carbocycles. The molecule has 0 bridgehead atoms. The molecule has 0 spiro atoms. The highest BCUT2D eigenvalue weighted by Crippen LogP contribution is 2.24. The van der Waals surface area contributed by atoms with Crippen LogP contribution in [-0.4, -0.2) is 12.8 Å². The van der Waals surface area contributed by atoms with E-state index in [9.17, 15) is 17.6 Å². The van der Waals surface area contributed by atoms with Gasteiger partial charge in [0.2, 0.25) is 0 Å². The summed E-state index contributed by atoms with van der Waals surface area (Å²) in [6.45, 7) is 2.74. The van der Waals surface area contributed by atoms with Gasteiger partial charge in [0.15, 0.2) is 23.3 Å². The highest BCUT2D eigenvalue weighted by molar-refractivity contribution is 5.80. The van der Waals surface area contributed by atoms with E-state index in [-0.39, 0.29) is 6.07 Å². The summed E-state index contributed by atoms with van der Waals surface area (Å²) >= 11 is 0. The van der Waals surface area contributed by atoms with Crippen LogP contribution in [0.5, 0.6) is 5.75 Å². The highest BCUT2D eigenvalue weighted by Gasteiger charge is 2.18. The molecule has 0 unspecified atom stereocenters. The average Bonchev–Trinajstić information content (AvgIpc) is 2.61. The van der Waals surface area contributed by atoms with E-state index in [1.807, 2.05) is 5.43 Å². The molecule has 2 aromatic rings. The second kappa shape index (κ2) is 9.05. The molecular formula is C18H18F4N2O. The molecule has 0 atom stereocenters. The maximum Gasteiger partial charge on any atom is 0.186 e. The molecular weight excluding hydrogens is 336 g/mol. The summed E-state index contributed by atoms with van der Waals surface area (Å²) in [6, 6.07) is 6.99. The quantitative estimate of drug-likeness (QED) is 0.231. The predicted octanol–water partition coefficient (Wildman–Crippen LogP) is 5.26. The van der Waals surface area contributed by atoms with Crippen molar-refractivity contribution in [1.29, 1.82) is 0 Å². The van der Waals surface area contributed by atoms with Gasteiger partial charge in [-0.1, -0.05) is 19.8 Å². The third-order valence-corrected chi connectivity index (χ3v) is 3.40. The predicted molar refractivity (Wildman–Crippen MR) is 89.0 cm³/mol. The second-order valence-electron chi connectivity index (χ2n) is 5.34. The van der Waals surface area contributed by atoms with Gasteiger partial charge in [-0.05, 0) is 36.2 Å². The lowest BCUT2D eigenvalue weighted by atomic mass is 10.2. The molecule has 1 N–H and O–H groups in total. The molecule has 0 radical (unpaired) electrons. The zero-order valence-corrected chi connectivity index (χ0v) is 13.7. The molecule has 0 aliphatic heterocycles. The largest absolute Gasteiger partial charge is 0.494 e. The van der Waals surface area contributed by atoms with Crippen molar-refractivity contribution >= 4 is 11.9 Å². The Hall–Kier alpha value is -2.57. The fraction of sp³-hybridized carbons (Fsp3) is 0.278. The minimum Gasteiger partial charge on any atom is -0.494 e. The van der Waals surface area contributed by atoms with Crippen LogP contribution >= 0.6 is 0 Å². The summed E-state index contributed by atoms with van der Waals surface area (Å²) in [7, 11) is 0. The summed E-state index contributed by atoms with van der Waals surface area (Å²) in [6.07, 6.45) is 4.46. The smallest absolute Gasteiger partial charge is 0.186 e. The fourth-order valence-electron chi connectivity index (χ4n) is 2.03. The number of hydrazone groups is 1. The van der Waals surface area contributed by atoms with Crippen LogP contribution in [0.1, 0.15) is 31.7 Å². The van der Waals surface area contributed by atoms with Crippen molar-refractivity contribution < 1.29 is 22.3 Å². The maximum atomic E-state index is 13.5. The summed E-state index contributed by atoms with van der Waals surface area (Å²) in [5.41, 5.74) is 1.62. The fourth-order valence-corrected chi connectivity index (χ4v) is 2.03. The first-order valence-corrected chi connectivity index (χ1v) is 7.88. The van der Waals surface area contributed by atoms with Crippen molar-refractivity contribution in [2.24, 2.45) is 5.10 Å². The van der Waals surface area contributed by atoms with Gasteiger partial charge in [0, 0.05) is 6.07 Å². The van der Waals surface area contributed by atoms with E-state index in [1.165, 1.54) is 6.21 Å². The van der Waals surface area contributed by atoms with Crippen LogP contribution in [0.2, 0.25) is 0 Å². The molecule has 2 aromatic carbocycles. The van der Waals surface area contributed by atoms with E-state index in [2.05, 4.69) is 12.0 Å². The van der Waals surface area contributed by atoms with Crippen molar-refractivity contribution in [2.45, 2.75) is 26.2 Å². The summed E-state index contributed by atoms with van der Waals surface area (Å²) in [5, 5.41) is 3.60. The summed E-state index contributed by atoms with van der Waals surface area (Å²) < 4.78 is 58.6. The first kappa shape index (κ1) is 18.8. The van der Waals surface area contributed by atoms with Crippen LogP contribution in [0.3, 0.4) is 0 Å². The van der Waals surface area contributed by atoms with Gasteiger partial charge in [-0.3, -0.25) is 5.43 Å². The van der Waals surface area contributed by atoms with Crippen LogP contribution in [0.4, 0.5) is 23.2 Å². The molecule has 3 nitrogen and oxygen atoms in total. The topological polar surface area (TPSA) is 33.6 Å². The van der Waals surface area contributed by atoms with E-state index in [0.717, 1.165) is 19.3 Å². The molecule has 0 fully saturated rings. The first-order chi connectivity index (χ1) is 12.0. The standard InChI is InChI=1S/C18H18F4N2O/c1-2-3-4-9-25-13-7-5-12(6-8-13)11-23-24-18-16(21)14(19)10-15(20)17(18)22/h5-8,10-11,24H,2-4,9H2,1H3/b23-11+. The van der Waals surface area contributed by atoms with Crippen molar-refractivity contribution in [3.63, 3.8) is 0 Å². The molecule has 25 heavy (non-hydrogen) atoms. The number of nitrogens with zero attached hydrogens (tertiary/aromatic N) is 1. The Morgan fingerprint density at radius 3 is 2.24 bits per heavy atom. The Morgan fingerprint density at radius 2 is 1.64 bits per heavy atom. The van der Waals surface area contributed by atoms with Crippen LogP contribution in [-0.2, 0) is 0 Å². The van der Waals surface area contributed by atoms with Gasteiger partial charge in [-0.15, -0.1) is 0 Å². The van der Waals surface area contributed by atoms with Gasteiger partial charge in [-0.25, -0.2) is 17.6 Å². The monoisotopic (exact) mass is 354 g/mol. The van der Waals surface area contributed by atoms with Crippen LogP contribution < -0.4 is 10.2 Å². The SMILES string of the molecule is CCCCCOc1ccc(/C=N/Nc2c(F)c(F)cc(F)c2F)cc1. The Labute approximate surface area is 143 Å². The minimum absolute atomic E-state index is 0.138. The number of unbranched alkanes of at least 4 members (excludes halogenated alkanes) is 2. The van der Waals surface area contributed by atoms with Gasteiger partial charge >= 0.3 is 0 Å². The number of hydrogen-bond donors (Lipinski definition) is 1. The van der Waals surface area contributed by atoms with Crippen molar-refractivity contribution in [3.05, 3.63) is 59.2 Å². The van der Waals surface area contributed by atoms with E-state index in [4.69, 9.17) is 4.74 Å². The third kappa shape index (κ3) is 5.20. The summed E-state index contributed by atoms with van der Waals surface area (Å²) in [4.78, 5) is 0. The molecule has 0 aliphatic rings. The summed E-state index contributed by atoms with van der Waals surface area (Å²) in [5.74, 6) is -5.37. The van der Waals surface area contributed by atoms with E-state index < -0.39 is 29.0 Å².